The van der Waals surface area contributed by atoms with Gasteiger partial charge in [0.05, 0.1) is 0 Å². The van der Waals surface area contributed by atoms with Gasteiger partial charge < -0.3 is 0 Å². The van der Waals surface area contributed by atoms with Crippen LogP contribution in [0, 0.1) is 6.92 Å². The molecule has 0 unspecified atom stereocenters. The van der Waals surface area contributed by atoms with E-state index in [0.29, 0.717) is 6.42 Å². The fraction of sp³-hybridized carbons (Fsp3) is 0.188. The van der Waals surface area contributed by atoms with Crippen molar-refractivity contribution in [1.29, 1.82) is 0 Å². The Morgan fingerprint density at radius 2 is 1.89 bits per heavy atom. The molecule has 1 aromatic heterocycles. The molecule has 0 amide bonds. The average Bonchev–Trinajstić information content (AvgIpc) is 2.75. The third-order valence-corrected chi connectivity index (χ3v) is 4.48. The van der Waals surface area contributed by atoms with Gasteiger partial charge in [0.25, 0.3) is 0 Å². The number of carbonyl (C=O) groups is 1. The number of Topliss-reactive ketones (excluding diaryl/α,β-unsaturated/α-hetero) is 1. The second-order valence-electron chi connectivity index (χ2n) is 4.54. The molecule has 18 heavy (non-hydrogen) atoms. The van der Waals surface area contributed by atoms with E-state index in [2.05, 4.69) is 36.4 Å². The molecule has 0 aliphatic rings. The smallest absolute Gasteiger partial charge is 0.162 e. The molecule has 0 N–H and O–H groups in total. The van der Waals surface area contributed by atoms with E-state index >= 15 is 0 Å². The van der Waals surface area contributed by atoms with E-state index in [4.69, 9.17) is 0 Å². The van der Waals surface area contributed by atoms with Crippen LogP contribution in [0.15, 0.2) is 36.4 Å². The first-order valence-electron chi connectivity index (χ1n) is 6.16. The fourth-order valence-electron chi connectivity index (χ4n) is 2.37. The van der Waals surface area contributed by atoms with Crippen molar-refractivity contribution in [2.24, 2.45) is 0 Å². The minimum absolute atomic E-state index is 0.229. The van der Waals surface area contributed by atoms with E-state index in [9.17, 15) is 4.79 Å². The topological polar surface area (TPSA) is 17.1 Å². The van der Waals surface area contributed by atoms with Crippen LogP contribution in [0.4, 0.5) is 0 Å². The Bertz CT molecular complexity index is 752. The van der Waals surface area contributed by atoms with Crippen molar-refractivity contribution < 1.29 is 4.79 Å². The van der Waals surface area contributed by atoms with Gasteiger partial charge in [-0.25, -0.2) is 0 Å². The summed E-state index contributed by atoms with van der Waals surface area (Å²) in [6, 6.07) is 12.6. The maximum absolute atomic E-state index is 11.9. The standard InChI is InChI=1S/C16H14OS/c1-3-14(17)12-9-16-13(8-10(12)2)11-6-4-5-7-15(11)18-16/h4-9H,3H2,1-2H3. The van der Waals surface area contributed by atoms with Crippen LogP contribution in [-0.2, 0) is 0 Å². The van der Waals surface area contributed by atoms with E-state index in [1.807, 2.05) is 13.8 Å². The van der Waals surface area contributed by atoms with Crippen molar-refractivity contribution in [3.63, 3.8) is 0 Å². The van der Waals surface area contributed by atoms with Crippen molar-refractivity contribution in [1.82, 2.24) is 0 Å². The summed E-state index contributed by atoms with van der Waals surface area (Å²) < 4.78 is 2.49. The van der Waals surface area contributed by atoms with Crippen LogP contribution in [0.3, 0.4) is 0 Å². The van der Waals surface area contributed by atoms with Crippen LogP contribution in [-0.4, -0.2) is 5.78 Å². The Labute approximate surface area is 110 Å². The van der Waals surface area contributed by atoms with Crippen molar-refractivity contribution >= 4 is 37.3 Å². The highest BCUT2D eigenvalue weighted by atomic mass is 32.1. The molecule has 3 aromatic rings. The predicted octanol–water partition coefficient (Wildman–Crippen LogP) is 4.96. The van der Waals surface area contributed by atoms with E-state index in [1.165, 1.54) is 20.2 Å². The zero-order valence-electron chi connectivity index (χ0n) is 10.5. The summed E-state index contributed by atoms with van der Waals surface area (Å²) in [6.45, 7) is 3.94. The molecular formula is C16H14OS. The number of benzene rings is 2. The Kier molecular flexibility index (Phi) is 2.67. The van der Waals surface area contributed by atoms with Gasteiger partial charge in [0, 0.05) is 32.2 Å². The van der Waals surface area contributed by atoms with Gasteiger partial charge in [-0.1, -0.05) is 25.1 Å². The fourth-order valence-corrected chi connectivity index (χ4v) is 3.50. The van der Waals surface area contributed by atoms with Gasteiger partial charge in [-0.05, 0) is 30.7 Å². The number of fused-ring (bicyclic) bond motifs is 3. The van der Waals surface area contributed by atoms with Crippen LogP contribution < -0.4 is 0 Å². The summed E-state index contributed by atoms with van der Waals surface area (Å²) in [5.41, 5.74) is 1.95. The minimum Gasteiger partial charge on any atom is -0.294 e. The highest BCUT2D eigenvalue weighted by Gasteiger charge is 2.11. The summed E-state index contributed by atoms with van der Waals surface area (Å²) in [7, 11) is 0. The molecular weight excluding hydrogens is 240 g/mol. The first-order chi connectivity index (χ1) is 8.70. The summed E-state index contributed by atoms with van der Waals surface area (Å²) in [5.74, 6) is 0.229. The lowest BCUT2D eigenvalue weighted by molar-refractivity contribution is 0.0987. The van der Waals surface area contributed by atoms with E-state index in [0.717, 1.165) is 11.1 Å². The monoisotopic (exact) mass is 254 g/mol. The maximum Gasteiger partial charge on any atom is 0.162 e. The van der Waals surface area contributed by atoms with Gasteiger partial charge in [-0.3, -0.25) is 4.79 Å². The molecule has 0 fully saturated rings. The summed E-state index contributed by atoms with van der Waals surface area (Å²) in [6.07, 6.45) is 0.567. The molecule has 90 valence electrons. The first kappa shape index (κ1) is 11.4. The zero-order valence-corrected chi connectivity index (χ0v) is 11.3. The number of hydrogen-bond donors (Lipinski definition) is 0. The lowest BCUT2D eigenvalue weighted by atomic mass is 10.0. The lowest BCUT2D eigenvalue weighted by Crippen LogP contribution is -1.98. The van der Waals surface area contributed by atoms with E-state index in [1.54, 1.807) is 11.3 Å². The molecule has 3 rings (SSSR count). The molecule has 0 aliphatic heterocycles. The molecule has 0 bridgehead atoms. The van der Waals surface area contributed by atoms with Crippen LogP contribution in [0.25, 0.3) is 20.2 Å². The third kappa shape index (κ3) is 1.65. The SMILES string of the molecule is CCC(=O)c1cc2sc3ccccc3c2cc1C. The molecule has 2 aromatic carbocycles. The molecule has 2 heteroatoms. The number of ketones is 1. The molecule has 0 radical (unpaired) electrons. The maximum atomic E-state index is 11.9. The van der Waals surface area contributed by atoms with Gasteiger partial charge in [0.15, 0.2) is 5.78 Å². The quantitative estimate of drug-likeness (QED) is 0.591. The number of hydrogen-bond acceptors (Lipinski definition) is 2. The first-order valence-corrected chi connectivity index (χ1v) is 6.97. The molecule has 0 aliphatic carbocycles. The van der Waals surface area contributed by atoms with Crippen molar-refractivity contribution in [2.75, 3.05) is 0 Å². The lowest BCUT2D eigenvalue weighted by Gasteiger charge is -2.03. The van der Waals surface area contributed by atoms with E-state index < -0.39 is 0 Å². The van der Waals surface area contributed by atoms with Crippen molar-refractivity contribution in [3.05, 3.63) is 47.5 Å². The predicted molar refractivity (Wildman–Crippen MR) is 78.7 cm³/mol. The van der Waals surface area contributed by atoms with Gasteiger partial charge in [0.1, 0.15) is 0 Å². The Morgan fingerprint density at radius 1 is 1.11 bits per heavy atom. The van der Waals surface area contributed by atoms with Gasteiger partial charge in [0.2, 0.25) is 0 Å². The Hall–Kier alpha value is -1.67. The summed E-state index contributed by atoms with van der Waals surface area (Å²) >= 11 is 1.76. The number of aryl methyl sites for hydroxylation is 1. The molecule has 0 atom stereocenters. The van der Waals surface area contributed by atoms with Gasteiger partial charge in [-0.15, -0.1) is 11.3 Å². The van der Waals surface area contributed by atoms with Crippen LogP contribution in [0.1, 0.15) is 29.3 Å². The summed E-state index contributed by atoms with van der Waals surface area (Å²) in [4.78, 5) is 11.9. The molecule has 1 nitrogen and oxygen atoms in total. The van der Waals surface area contributed by atoms with Gasteiger partial charge in [-0.2, -0.15) is 0 Å². The minimum atomic E-state index is 0.229. The largest absolute Gasteiger partial charge is 0.294 e. The number of rotatable bonds is 2. The molecule has 1 heterocycles. The number of carbonyl (C=O) groups excluding carboxylic acids is 1. The highest BCUT2D eigenvalue weighted by Crippen LogP contribution is 2.35. The molecule has 0 spiro atoms. The zero-order chi connectivity index (χ0) is 12.7. The van der Waals surface area contributed by atoms with E-state index in [-0.39, 0.29) is 5.78 Å². The van der Waals surface area contributed by atoms with Crippen LogP contribution in [0.2, 0.25) is 0 Å². The van der Waals surface area contributed by atoms with Gasteiger partial charge >= 0.3 is 0 Å². The highest BCUT2D eigenvalue weighted by molar-refractivity contribution is 7.25. The Balaban J connectivity index is 2.36. The second kappa shape index (κ2) is 4.21. The Morgan fingerprint density at radius 3 is 2.67 bits per heavy atom. The third-order valence-electron chi connectivity index (χ3n) is 3.35. The van der Waals surface area contributed by atoms with Crippen LogP contribution in [0.5, 0.6) is 0 Å². The van der Waals surface area contributed by atoms with Crippen molar-refractivity contribution in [3.8, 4) is 0 Å². The normalized spacial score (nSPS) is 11.2. The average molecular weight is 254 g/mol. The molecule has 0 saturated heterocycles. The van der Waals surface area contributed by atoms with Crippen molar-refractivity contribution in [2.45, 2.75) is 20.3 Å². The molecule has 0 saturated carbocycles. The number of thiophene rings is 1. The summed E-state index contributed by atoms with van der Waals surface area (Å²) in [5, 5.41) is 2.55. The van der Waals surface area contributed by atoms with Crippen LogP contribution >= 0.6 is 11.3 Å². The second-order valence-corrected chi connectivity index (χ2v) is 5.62.